The number of hydrogen-bond acceptors (Lipinski definition) is 2. The predicted octanol–water partition coefficient (Wildman–Crippen LogP) is 1.29. The third kappa shape index (κ3) is 1.37. The molecule has 1 heterocycles. The molecule has 3 nitrogen and oxygen atoms in total. The molecule has 2 rings (SSSR count). The molecular formula is C9H5ClFNO2. The molecule has 0 aromatic heterocycles. The lowest BCUT2D eigenvalue weighted by Gasteiger charge is -2.15. The SMILES string of the molecule is O=C1Cc2c(F)cc(Cl)cc2C(=O)N1. The molecule has 1 aromatic carbocycles. The first-order valence-electron chi connectivity index (χ1n) is 3.90. The third-order valence-electron chi connectivity index (χ3n) is 2.00. The van der Waals surface area contributed by atoms with E-state index < -0.39 is 17.6 Å². The molecule has 1 N–H and O–H groups in total. The highest BCUT2D eigenvalue weighted by Gasteiger charge is 2.25. The molecule has 0 bridgehead atoms. The summed E-state index contributed by atoms with van der Waals surface area (Å²) in [4.78, 5) is 22.2. The van der Waals surface area contributed by atoms with Crippen molar-refractivity contribution in [1.29, 1.82) is 0 Å². The number of carbonyl (C=O) groups is 2. The molecule has 0 fully saturated rings. The highest BCUT2D eigenvalue weighted by atomic mass is 35.5. The molecular weight excluding hydrogens is 209 g/mol. The average Bonchev–Trinajstić information content (AvgIpc) is 2.07. The van der Waals surface area contributed by atoms with Crippen molar-refractivity contribution < 1.29 is 14.0 Å². The molecule has 1 aliphatic heterocycles. The topological polar surface area (TPSA) is 46.2 Å². The first-order chi connectivity index (χ1) is 6.58. The van der Waals surface area contributed by atoms with E-state index in [1.165, 1.54) is 6.07 Å². The number of halogens is 2. The van der Waals surface area contributed by atoms with Gasteiger partial charge < -0.3 is 0 Å². The van der Waals surface area contributed by atoms with Crippen molar-refractivity contribution in [2.45, 2.75) is 6.42 Å². The molecule has 0 saturated carbocycles. The van der Waals surface area contributed by atoms with Crippen molar-refractivity contribution in [2.75, 3.05) is 0 Å². The van der Waals surface area contributed by atoms with E-state index in [0.29, 0.717) is 0 Å². The Balaban J connectivity index is 2.64. The van der Waals surface area contributed by atoms with Crippen molar-refractivity contribution in [3.8, 4) is 0 Å². The van der Waals surface area contributed by atoms with Gasteiger partial charge in [0.05, 0.1) is 6.42 Å². The second kappa shape index (κ2) is 3.06. The van der Waals surface area contributed by atoms with Crippen LogP contribution in [0.1, 0.15) is 15.9 Å². The van der Waals surface area contributed by atoms with Gasteiger partial charge in [-0.1, -0.05) is 11.6 Å². The molecule has 0 aliphatic carbocycles. The van der Waals surface area contributed by atoms with Gasteiger partial charge in [-0.2, -0.15) is 0 Å². The molecule has 1 aliphatic rings. The first-order valence-corrected chi connectivity index (χ1v) is 4.28. The van der Waals surface area contributed by atoms with Crippen LogP contribution in [0.5, 0.6) is 0 Å². The smallest absolute Gasteiger partial charge is 0.258 e. The Kier molecular flexibility index (Phi) is 2.00. The zero-order valence-corrected chi connectivity index (χ0v) is 7.69. The van der Waals surface area contributed by atoms with E-state index in [-0.39, 0.29) is 22.6 Å². The van der Waals surface area contributed by atoms with E-state index in [1.54, 1.807) is 0 Å². The number of fused-ring (bicyclic) bond motifs is 1. The van der Waals surface area contributed by atoms with Crippen molar-refractivity contribution >= 4 is 23.4 Å². The van der Waals surface area contributed by atoms with Gasteiger partial charge in [0, 0.05) is 16.1 Å². The molecule has 0 spiro atoms. The summed E-state index contributed by atoms with van der Waals surface area (Å²) >= 11 is 5.58. The van der Waals surface area contributed by atoms with Crippen LogP contribution in [0.4, 0.5) is 4.39 Å². The Bertz CT molecular complexity index is 445. The summed E-state index contributed by atoms with van der Waals surface area (Å²) in [5.74, 6) is -1.71. The summed E-state index contributed by atoms with van der Waals surface area (Å²) < 4.78 is 13.3. The van der Waals surface area contributed by atoms with E-state index >= 15 is 0 Å². The quantitative estimate of drug-likeness (QED) is 0.660. The number of hydrogen-bond donors (Lipinski definition) is 1. The minimum atomic E-state index is -0.615. The molecule has 0 saturated heterocycles. The first kappa shape index (κ1) is 9.15. The third-order valence-corrected chi connectivity index (χ3v) is 2.21. The van der Waals surface area contributed by atoms with Gasteiger partial charge in [-0.25, -0.2) is 4.39 Å². The van der Waals surface area contributed by atoms with Crippen molar-refractivity contribution in [1.82, 2.24) is 5.32 Å². The maximum atomic E-state index is 13.3. The number of imide groups is 1. The number of benzene rings is 1. The van der Waals surface area contributed by atoms with E-state index in [1.807, 2.05) is 0 Å². The van der Waals surface area contributed by atoms with Gasteiger partial charge in [-0.15, -0.1) is 0 Å². The number of amides is 2. The highest BCUT2D eigenvalue weighted by Crippen LogP contribution is 2.22. The van der Waals surface area contributed by atoms with E-state index in [9.17, 15) is 14.0 Å². The maximum absolute atomic E-state index is 13.3. The Labute approximate surface area is 83.9 Å². The summed E-state index contributed by atoms with van der Waals surface area (Å²) in [7, 11) is 0. The molecule has 14 heavy (non-hydrogen) atoms. The van der Waals surface area contributed by atoms with Crippen molar-refractivity contribution in [3.63, 3.8) is 0 Å². The molecule has 2 amide bonds. The van der Waals surface area contributed by atoms with Gasteiger partial charge in [0.25, 0.3) is 5.91 Å². The molecule has 0 radical (unpaired) electrons. The largest absolute Gasteiger partial charge is 0.292 e. The van der Waals surface area contributed by atoms with Crippen LogP contribution in [-0.2, 0) is 11.2 Å². The zero-order chi connectivity index (χ0) is 10.3. The van der Waals surface area contributed by atoms with Crippen LogP contribution in [0.25, 0.3) is 0 Å². The van der Waals surface area contributed by atoms with E-state index in [2.05, 4.69) is 5.32 Å². The van der Waals surface area contributed by atoms with E-state index in [0.717, 1.165) is 6.07 Å². The predicted molar refractivity (Wildman–Crippen MR) is 47.6 cm³/mol. The molecule has 1 aromatic rings. The van der Waals surface area contributed by atoms with Crippen LogP contribution in [-0.4, -0.2) is 11.8 Å². The standard InChI is InChI=1S/C9H5ClFNO2/c10-4-1-6-5(7(11)2-4)3-8(13)12-9(6)14/h1-2H,3H2,(H,12,13,14). The Morgan fingerprint density at radius 3 is 2.79 bits per heavy atom. The normalized spacial score (nSPS) is 15.0. The van der Waals surface area contributed by atoms with Crippen LogP contribution in [0.3, 0.4) is 0 Å². The number of carbonyl (C=O) groups excluding carboxylic acids is 2. The van der Waals surface area contributed by atoms with Crippen LogP contribution in [0, 0.1) is 5.82 Å². The summed E-state index contributed by atoms with van der Waals surface area (Å²) in [5.41, 5.74) is 0.248. The number of rotatable bonds is 0. The molecule has 0 atom stereocenters. The monoisotopic (exact) mass is 213 g/mol. The van der Waals surface area contributed by atoms with Crippen LogP contribution in [0.15, 0.2) is 12.1 Å². The molecule has 72 valence electrons. The highest BCUT2D eigenvalue weighted by molar-refractivity contribution is 6.31. The summed E-state index contributed by atoms with van der Waals surface area (Å²) in [5, 5.41) is 2.23. The lowest BCUT2D eigenvalue weighted by atomic mass is 9.99. The Morgan fingerprint density at radius 2 is 2.07 bits per heavy atom. The second-order valence-electron chi connectivity index (χ2n) is 2.97. The van der Waals surface area contributed by atoms with Crippen LogP contribution in [0.2, 0.25) is 5.02 Å². The van der Waals surface area contributed by atoms with E-state index in [4.69, 9.17) is 11.6 Å². The summed E-state index contributed by atoms with van der Waals surface area (Å²) in [6, 6.07) is 2.44. The molecule has 0 unspecified atom stereocenters. The fourth-order valence-electron chi connectivity index (χ4n) is 1.38. The average molecular weight is 214 g/mol. The maximum Gasteiger partial charge on any atom is 0.258 e. The Morgan fingerprint density at radius 1 is 1.36 bits per heavy atom. The Hall–Kier alpha value is -1.42. The van der Waals surface area contributed by atoms with Crippen LogP contribution < -0.4 is 5.32 Å². The zero-order valence-electron chi connectivity index (χ0n) is 6.93. The minimum Gasteiger partial charge on any atom is -0.292 e. The minimum absolute atomic E-state index is 0.114. The fourth-order valence-corrected chi connectivity index (χ4v) is 1.59. The number of nitrogens with one attached hydrogen (secondary N) is 1. The lowest BCUT2D eigenvalue weighted by Crippen LogP contribution is -2.37. The van der Waals surface area contributed by atoms with Crippen LogP contribution >= 0.6 is 11.6 Å². The van der Waals surface area contributed by atoms with Gasteiger partial charge in [-0.3, -0.25) is 14.9 Å². The van der Waals surface area contributed by atoms with Gasteiger partial charge in [0.1, 0.15) is 5.82 Å². The summed E-state index contributed by atoms with van der Waals surface area (Å²) in [6.07, 6.45) is -0.121. The second-order valence-corrected chi connectivity index (χ2v) is 3.40. The fraction of sp³-hybridized carbons (Fsp3) is 0.111. The summed E-state index contributed by atoms with van der Waals surface area (Å²) in [6.45, 7) is 0. The van der Waals surface area contributed by atoms with Crippen molar-refractivity contribution in [3.05, 3.63) is 34.1 Å². The van der Waals surface area contributed by atoms with Gasteiger partial charge in [0.2, 0.25) is 5.91 Å². The van der Waals surface area contributed by atoms with Crippen molar-refractivity contribution in [2.24, 2.45) is 0 Å². The van der Waals surface area contributed by atoms with Gasteiger partial charge in [-0.05, 0) is 12.1 Å². The molecule has 5 heteroatoms. The lowest BCUT2D eigenvalue weighted by molar-refractivity contribution is -0.119. The van der Waals surface area contributed by atoms with Gasteiger partial charge in [0.15, 0.2) is 0 Å². The van der Waals surface area contributed by atoms with Gasteiger partial charge >= 0.3 is 0 Å².